The Hall–Kier alpha value is -3.93. The van der Waals surface area contributed by atoms with Gasteiger partial charge in [-0.15, -0.1) is 0 Å². The van der Waals surface area contributed by atoms with Gasteiger partial charge in [0.2, 0.25) is 5.91 Å². The molecular formula is C30H34N2O4. The van der Waals surface area contributed by atoms with E-state index in [1.807, 2.05) is 86.6 Å². The van der Waals surface area contributed by atoms with E-state index in [0.29, 0.717) is 5.56 Å². The highest BCUT2D eigenvalue weighted by Crippen LogP contribution is 2.19. The number of rotatable bonds is 10. The first-order chi connectivity index (χ1) is 17.2. The third-order valence-corrected chi connectivity index (χ3v) is 5.73. The predicted octanol–water partition coefficient (Wildman–Crippen LogP) is 4.79. The Balaban J connectivity index is 1.71. The van der Waals surface area contributed by atoms with Crippen molar-refractivity contribution >= 4 is 17.8 Å². The van der Waals surface area contributed by atoms with Crippen LogP contribution in [0.2, 0.25) is 0 Å². The molecule has 0 saturated carbocycles. The van der Waals surface area contributed by atoms with E-state index in [-0.39, 0.29) is 24.3 Å². The summed E-state index contributed by atoms with van der Waals surface area (Å²) in [5.41, 5.74) is 3.40. The van der Waals surface area contributed by atoms with E-state index in [1.165, 1.54) is 0 Å². The molecule has 2 amide bonds. The summed E-state index contributed by atoms with van der Waals surface area (Å²) in [5, 5.41) is 5.65. The first kappa shape index (κ1) is 26.7. The fraction of sp³-hybridized carbons (Fsp3) is 0.300. The van der Waals surface area contributed by atoms with Crippen LogP contribution in [0, 0.1) is 5.92 Å². The number of ether oxygens (including phenoxy) is 1. The van der Waals surface area contributed by atoms with Crippen LogP contribution in [0.3, 0.4) is 0 Å². The van der Waals surface area contributed by atoms with Gasteiger partial charge in [0.05, 0.1) is 6.10 Å². The average Bonchev–Trinajstić information content (AvgIpc) is 2.87. The van der Waals surface area contributed by atoms with Gasteiger partial charge in [-0.2, -0.15) is 0 Å². The first-order valence-corrected chi connectivity index (χ1v) is 12.3. The lowest BCUT2D eigenvalue weighted by Crippen LogP contribution is -2.54. The van der Waals surface area contributed by atoms with Crippen molar-refractivity contribution in [1.82, 2.24) is 10.6 Å². The number of esters is 1. The molecule has 0 fully saturated rings. The Morgan fingerprint density at radius 3 is 1.83 bits per heavy atom. The van der Waals surface area contributed by atoms with Crippen LogP contribution in [0.15, 0.2) is 84.9 Å². The van der Waals surface area contributed by atoms with Gasteiger partial charge in [-0.25, -0.2) is 4.79 Å². The number of nitrogens with one attached hydrogen (secondary N) is 2. The fourth-order valence-corrected chi connectivity index (χ4v) is 3.82. The highest BCUT2D eigenvalue weighted by atomic mass is 16.5. The number of benzene rings is 3. The maximum atomic E-state index is 13.2. The molecule has 6 nitrogen and oxygen atoms in total. The number of carbonyl (C=O) groups excluding carboxylic acids is 3. The van der Waals surface area contributed by atoms with Crippen molar-refractivity contribution in [2.75, 3.05) is 0 Å². The number of hydrogen-bond donors (Lipinski definition) is 2. The van der Waals surface area contributed by atoms with Crippen molar-refractivity contribution in [3.05, 3.63) is 96.1 Å². The molecule has 0 aliphatic heterocycles. The summed E-state index contributed by atoms with van der Waals surface area (Å²) in [6, 6.07) is 24.9. The predicted molar refractivity (Wildman–Crippen MR) is 141 cm³/mol. The van der Waals surface area contributed by atoms with Crippen LogP contribution in [-0.4, -0.2) is 36.0 Å². The second-order valence-corrected chi connectivity index (χ2v) is 9.38. The molecule has 0 saturated heterocycles. The molecule has 0 radical (unpaired) electrons. The molecule has 3 aromatic carbocycles. The Labute approximate surface area is 213 Å². The van der Waals surface area contributed by atoms with Crippen molar-refractivity contribution in [2.24, 2.45) is 5.92 Å². The topological polar surface area (TPSA) is 84.5 Å². The summed E-state index contributed by atoms with van der Waals surface area (Å²) in [6.07, 6.45) is -0.0233. The minimum Gasteiger partial charge on any atom is -0.461 e. The number of carbonyl (C=O) groups is 3. The molecule has 0 aromatic heterocycles. The summed E-state index contributed by atoms with van der Waals surface area (Å²) in [5.74, 6) is -1.49. The van der Waals surface area contributed by atoms with Crippen LogP contribution < -0.4 is 10.6 Å². The largest absolute Gasteiger partial charge is 0.461 e. The minimum atomic E-state index is -0.870. The van der Waals surface area contributed by atoms with Crippen molar-refractivity contribution in [1.29, 1.82) is 0 Å². The zero-order chi connectivity index (χ0) is 26.1. The van der Waals surface area contributed by atoms with E-state index < -0.39 is 24.0 Å². The Morgan fingerprint density at radius 2 is 1.28 bits per heavy atom. The normalized spacial score (nSPS) is 12.6. The van der Waals surface area contributed by atoms with Gasteiger partial charge in [0.15, 0.2) is 0 Å². The van der Waals surface area contributed by atoms with Crippen LogP contribution in [0.1, 0.15) is 43.6 Å². The summed E-state index contributed by atoms with van der Waals surface area (Å²) in [7, 11) is 0. The second-order valence-electron chi connectivity index (χ2n) is 9.38. The minimum absolute atomic E-state index is 0.198. The molecule has 0 aliphatic carbocycles. The molecule has 6 heteroatoms. The fourth-order valence-electron chi connectivity index (χ4n) is 3.82. The average molecular weight is 487 g/mol. The summed E-state index contributed by atoms with van der Waals surface area (Å²) < 4.78 is 5.38. The monoisotopic (exact) mass is 486 g/mol. The van der Waals surface area contributed by atoms with E-state index in [4.69, 9.17) is 4.74 Å². The standard InChI is InChI=1S/C30H34N2O4/c1-20(2)27(32-28(33)25-17-15-24(16-18-25)23-13-9-6-10-14-23)29(34)31-26(30(35)36-21(3)4)19-22-11-7-5-8-12-22/h5-18,20-21,26-27H,19H2,1-4H3,(H,31,34)(H,32,33). The first-order valence-electron chi connectivity index (χ1n) is 12.3. The Morgan fingerprint density at radius 1 is 0.722 bits per heavy atom. The van der Waals surface area contributed by atoms with Crippen molar-refractivity contribution in [3.63, 3.8) is 0 Å². The van der Waals surface area contributed by atoms with E-state index in [2.05, 4.69) is 10.6 Å². The van der Waals surface area contributed by atoms with Crippen LogP contribution in [0.25, 0.3) is 11.1 Å². The molecule has 0 bridgehead atoms. The summed E-state index contributed by atoms with van der Waals surface area (Å²) >= 11 is 0. The maximum Gasteiger partial charge on any atom is 0.329 e. The van der Waals surface area contributed by atoms with Gasteiger partial charge >= 0.3 is 5.97 Å². The van der Waals surface area contributed by atoms with Crippen LogP contribution in [0.4, 0.5) is 0 Å². The van der Waals surface area contributed by atoms with Gasteiger partial charge in [0, 0.05) is 12.0 Å². The molecule has 0 aliphatic rings. The summed E-state index contributed by atoms with van der Waals surface area (Å²) in [6.45, 7) is 7.22. The quantitative estimate of drug-likeness (QED) is 0.404. The molecule has 3 rings (SSSR count). The molecule has 2 N–H and O–H groups in total. The smallest absolute Gasteiger partial charge is 0.329 e. The van der Waals surface area contributed by atoms with Crippen molar-refractivity contribution in [3.8, 4) is 11.1 Å². The van der Waals surface area contributed by atoms with Crippen molar-refractivity contribution < 1.29 is 19.1 Å². The third-order valence-electron chi connectivity index (χ3n) is 5.73. The Bertz CT molecular complexity index is 1140. The van der Waals surface area contributed by atoms with E-state index in [1.54, 1.807) is 26.0 Å². The van der Waals surface area contributed by atoms with E-state index in [0.717, 1.165) is 16.7 Å². The van der Waals surface area contributed by atoms with Gasteiger partial charge in [0.1, 0.15) is 12.1 Å². The highest BCUT2D eigenvalue weighted by molar-refractivity contribution is 5.98. The third kappa shape index (κ3) is 7.54. The number of hydrogen-bond acceptors (Lipinski definition) is 4. The lowest BCUT2D eigenvalue weighted by Gasteiger charge is -2.25. The van der Waals surface area contributed by atoms with Gasteiger partial charge in [-0.3, -0.25) is 9.59 Å². The van der Waals surface area contributed by atoms with Crippen LogP contribution in [0.5, 0.6) is 0 Å². The zero-order valence-electron chi connectivity index (χ0n) is 21.2. The van der Waals surface area contributed by atoms with Crippen LogP contribution in [-0.2, 0) is 20.7 Å². The lowest BCUT2D eigenvalue weighted by atomic mass is 10.00. The molecule has 2 atom stereocenters. The zero-order valence-corrected chi connectivity index (χ0v) is 21.2. The van der Waals surface area contributed by atoms with Crippen LogP contribution >= 0.6 is 0 Å². The molecule has 0 spiro atoms. The molecule has 188 valence electrons. The maximum absolute atomic E-state index is 13.2. The Kier molecular flexibility index (Phi) is 9.39. The SMILES string of the molecule is CC(C)OC(=O)C(Cc1ccccc1)NC(=O)C(NC(=O)c1ccc(-c2ccccc2)cc1)C(C)C. The van der Waals surface area contributed by atoms with Gasteiger partial charge in [-0.1, -0.05) is 86.6 Å². The van der Waals surface area contributed by atoms with Gasteiger partial charge in [0.25, 0.3) is 5.91 Å². The molecular weight excluding hydrogens is 452 g/mol. The highest BCUT2D eigenvalue weighted by Gasteiger charge is 2.30. The van der Waals surface area contributed by atoms with Crippen molar-refractivity contribution in [2.45, 2.75) is 52.3 Å². The van der Waals surface area contributed by atoms with E-state index >= 15 is 0 Å². The number of amides is 2. The van der Waals surface area contributed by atoms with Gasteiger partial charge in [-0.05, 0) is 48.6 Å². The second kappa shape index (κ2) is 12.7. The molecule has 2 unspecified atom stereocenters. The lowest BCUT2D eigenvalue weighted by molar-refractivity contribution is -0.151. The van der Waals surface area contributed by atoms with E-state index in [9.17, 15) is 14.4 Å². The molecule has 0 heterocycles. The molecule has 36 heavy (non-hydrogen) atoms. The summed E-state index contributed by atoms with van der Waals surface area (Å²) in [4.78, 5) is 39.0. The molecule has 3 aromatic rings. The van der Waals surface area contributed by atoms with Gasteiger partial charge < -0.3 is 15.4 Å².